The van der Waals surface area contributed by atoms with E-state index in [0.29, 0.717) is 25.6 Å². The van der Waals surface area contributed by atoms with Crippen LogP contribution in [0.5, 0.6) is 5.75 Å². The lowest BCUT2D eigenvalue weighted by Gasteiger charge is -2.31. The summed E-state index contributed by atoms with van der Waals surface area (Å²) in [5.41, 5.74) is 0. The summed E-state index contributed by atoms with van der Waals surface area (Å²) in [6.07, 6.45) is -1.44. The Hall–Kier alpha value is -1.10. The molecule has 1 aromatic carbocycles. The predicted molar refractivity (Wildman–Crippen MR) is 64.7 cm³/mol. The quantitative estimate of drug-likeness (QED) is 0.655. The van der Waals surface area contributed by atoms with Crippen molar-refractivity contribution in [3.05, 3.63) is 30.3 Å². The van der Waals surface area contributed by atoms with E-state index >= 15 is 0 Å². The highest BCUT2D eigenvalue weighted by molar-refractivity contribution is 5.21. The van der Waals surface area contributed by atoms with Crippen LogP contribution in [0.3, 0.4) is 0 Å². The fourth-order valence-electron chi connectivity index (χ4n) is 1.38. The number of benzene rings is 1. The lowest BCUT2D eigenvalue weighted by molar-refractivity contribution is -0.467. The van der Waals surface area contributed by atoms with Gasteiger partial charge in [-0.15, -0.1) is 0 Å². The smallest absolute Gasteiger partial charge is 0.416 e. The zero-order valence-corrected chi connectivity index (χ0v) is 10.6. The molecule has 1 rings (SSSR count). The van der Waals surface area contributed by atoms with Crippen molar-refractivity contribution in [3.8, 4) is 5.75 Å². The van der Waals surface area contributed by atoms with Crippen LogP contribution in [0.25, 0.3) is 0 Å². The highest BCUT2D eigenvalue weighted by Crippen LogP contribution is 2.22. The third-order valence-electron chi connectivity index (χ3n) is 1.95. The number of hydrogen-bond donors (Lipinski definition) is 0. The van der Waals surface area contributed by atoms with Crippen molar-refractivity contribution in [1.82, 2.24) is 0 Å². The van der Waals surface area contributed by atoms with Crippen molar-refractivity contribution in [2.45, 2.75) is 26.9 Å². The second kappa shape index (κ2) is 7.27. The molecule has 0 heterocycles. The van der Waals surface area contributed by atoms with Crippen molar-refractivity contribution in [1.29, 1.82) is 0 Å². The van der Waals surface area contributed by atoms with E-state index in [1.165, 1.54) is 0 Å². The number of hydrogen-bond acceptors (Lipinski definition) is 4. The summed E-state index contributed by atoms with van der Waals surface area (Å²) < 4.78 is 22.0. The van der Waals surface area contributed by atoms with E-state index in [1.54, 1.807) is 0 Å². The molecule has 4 nitrogen and oxygen atoms in total. The summed E-state index contributed by atoms with van der Waals surface area (Å²) >= 11 is 0. The maximum absolute atomic E-state index is 5.66. The van der Waals surface area contributed by atoms with Gasteiger partial charge in [0.15, 0.2) is 0 Å². The maximum atomic E-state index is 5.66. The van der Waals surface area contributed by atoms with E-state index < -0.39 is 6.16 Å². The molecule has 0 aliphatic heterocycles. The summed E-state index contributed by atoms with van der Waals surface area (Å²) in [5.74, 6) is 0.642. The minimum Gasteiger partial charge on any atom is -0.416 e. The van der Waals surface area contributed by atoms with Gasteiger partial charge in [-0.1, -0.05) is 18.2 Å². The first kappa shape index (κ1) is 14.0. The third kappa shape index (κ3) is 4.34. The molecule has 0 aliphatic rings. The molecule has 0 atom stereocenters. The highest BCUT2D eigenvalue weighted by Gasteiger charge is 2.36. The minimum atomic E-state index is -1.44. The van der Waals surface area contributed by atoms with E-state index in [4.69, 9.17) is 18.9 Å². The van der Waals surface area contributed by atoms with Crippen molar-refractivity contribution in [3.63, 3.8) is 0 Å². The van der Waals surface area contributed by atoms with Crippen molar-refractivity contribution in [2.75, 3.05) is 19.8 Å². The second-order valence-corrected chi connectivity index (χ2v) is 3.21. The molecule has 96 valence electrons. The summed E-state index contributed by atoms with van der Waals surface area (Å²) in [5, 5.41) is 0. The van der Waals surface area contributed by atoms with E-state index in [-0.39, 0.29) is 0 Å². The second-order valence-electron chi connectivity index (χ2n) is 3.21. The summed E-state index contributed by atoms with van der Waals surface area (Å²) in [6, 6.07) is 9.32. The van der Waals surface area contributed by atoms with Gasteiger partial charge in [-0.05, 0) is 32.9 Å². The van der Waals surface area contributed by atoms with Gasteiger partial charge < -0.3 is 4.74 Å². The standard InChI is InChI=1S/C13H20O4/c1-4-14-13(15-5-2,16-6-3)17-12-10-8-7-9-11-12/h7-11H,4-6H2,1-3H3. The lowest BCUT2D eigenvalue weighted by Crippen LogP contribution is -2.45. The Morgan fingerprint density at radius 2 is 1.29 bits per heavy atom. The fraction of sp³-hybridized carbons (Fsp3) is 0.538. The maximum Gasteiger partial charge on any atom is 0.460 e. The Bertz CT molecular complexity index is 283. The Morgan fingerprint density at radius 3 is 1.71 bits per heavy atom. The molecular formula is C13H20O4. The average molecular weight is 240 g/mol. The molecule has 0 spiro atoms. The van der Waals surface area contributed by atoms with Gasteiger partial charge in [-0.3, -0.25) is 14.2 Å². The number of ether oxygens (including phenoxy) is 4. The van der Waals surface area contributed by atoms with Gasteiger partial charge in [0.2, 0.25) is 0 Å². The third-order valence-corrected chi connectivity index (χ3v) is 1.95. The van der Waals surface area contributed by atoms with Gasteiger partial charge in [-0.2, -0.15) is 0 Å². The molecule has 0 unspecified atom stereocenters. The van der Waals surface area contributed by atoms with Gasteiger partial charge in [0.25, 0.3) is 0 Å². The van der Waals surface area contributed by atoms with Crippen LogP contribution < -0.4 is 4.74 Å². The van der Waals surface area contributed by atoms with Crippen LogP contribution in [0.15, 0.2) is 30.3 Å². The van der Waals surface area contributed by atoms with Gasteiger partial charge in [-0.25, -0.2) is 0 Å². The molecule has 0 amide bonds. The number of rotatable bonds is 8. The normalized spacial score (nSPS) is 11.5. The largest absolute Gasteiger partial charge is 0.460 e. The van der Waals surface area contributed by atoms with Crippen LogP contribution in [0.4, 0.5) is 0 Å². The van der Waals surface area contributed by atoms with E-state index in [9.17, 15) is 0 Å². The zero-order chi connectivity index (χ0) is 12.6. The molecule has 0 bridgehead atoms. The van der Waals surface area contributed by atoms with Crippen LogP contribution in [0.2, 0.25) is 0 Å². The summed E-state index contributed by atoms with van der Waals surface area (Å²) in [4.78, 5) is 0. The Labute approximate surface area is 102 Å². The molecule has 1 aromatic rings. The van der Waals surface area contributed by atoms with Crippen LogP contribution in [-0.2, 0) is 14.2 Å². The minimum absolute atomic E-state index is 0.437. The Kier molecular flexibility index (Phi) is 5.97. The van der Waals surface area contributed by atoms with Crippen LogP contribution in [-0.4, -0.2) is 26.0 Å². The van der Waals surface area contributed by atoms with E-state index in [2.05, 4.69) is 0 Å². The molecule has 0 saturated carbocycles. The van der Waals surface area contributed by atoms with Gasteiger partial charge in [0.05, 0.1) is 19.8 Å². The number of para-hydroxylation sites is 1. The van der Waals surface area contributed by atoms with Crippen molar-refractivity contribution < 1.29 is 18.9 Å². The first-order valence-electron chi connectivity index (χ1n) is 5.92. The monoisotopic (exact) mass is 240 g/mol. The SMILES string of the molecule is CCOC(OCC)(OCC)Oc1ccccc1. The van der Waals surface area contributed by atoms with Crippen LogP contribution >= 0.6 is 0 Å². The van der Waals surface area contributed by atoms with Crippen molar-refractivity contribution in [2.24, 2.45) is 0 Å². The first-order valence-corrected chi connectivity index (χ1v) is 5.92. The molecular weight excluding hydrogens is 220 g/mol. The first-order chi connectivity index (χ1) is 8.26. The molecule has 0 aliphatic carbocycles. The molecule has 0 saturated heterocycles. The molecule has 4 heteroatoms. The Balaban J connectivity index is 2.80. The fourth-order valence-corrected chi connectivity index (χ4v) is 1.38. The summed E-state index contributed by atoms with van der Waals surface area (Å²) in [7, 11) is 0. The van der Waals surface area contributed by atoms with Gasteiger partial charge >= 0.3 is 6.16 Å². The van der Waals surface area contributed by atoms with E-state index in [0.717, 1.165) is 0 Å². The molecule has 0 aromatic heterocycles. The van der Waals surface area contributed by atoms with Crippen LogP contribution in [0, 0.1) is 0 Å². The van der Waals surface area contributed by atoms with E-state index in [1.807, 2.05) is 51.1 Å². The molecule has 0 radical (unpaired) electrons. The topological polar surface area (TPSA) is 36.9 Å². The molecule has 0 N–H and O–H groups in total. The summed E-state index contributed by atoms with van der Waals surface area (Å²) in [6.45, 7) is 6.90. The molecule has 17 heavy (non-hydrogen) atoms. The average Bonchev–Trinajstić information content (AvgIpc) is 2.31. The Morgan fingerprint density at radius 1 is 0.824 bits per heavy atom. The lowest BCUT2D eigenvalue weighted by atomic mass is 10.3. The highest BCUT2D eigenvalue weighted by atomic mass is 17.0. The molecule has 0 fully saturated rings. The van der Waals surface area contributed by atoms with Crippen LogP contribution in [0.1, 0.15) is 20.8 Å². The van der Waals surface area contributed by atoms with Gasteiger partial charge in [0, 0.05) is 0 Å². The predicted octanol–water partition coefficient (Wildman–Crippen LogP) is 2.79. The van der Waals surface area contributed by atoms with Crippen molar-refractivity contribution >= 4 is 0 Å². The van der Waals surface area contributed by atoms with Gasteiger partial charge in [0.1, 0.15) is 5.75 Å². The zero-order valence-electron chi connectivity index (χ0n) is 10.6.